The average molecular weight is 298 g/mol. The molecule has 0 atom stereocenters. The van der Waals surface area contributed by atoms with E-state index in [1.54, 1.807) is 0 Å². The molecular formula is C11H11Cl2F2NO2. The number of rotatable bonds is 5. The van der Waals surface area contributed by atoms with Gasteiger partial charge in [-0.15, -0.1) is 0 Å². The van der Waals surface area contributed by atoms with Gasteiger partial charge in [0.05, 0.1) is 23.7 Å². The molecule has 1 aromatic carbocycles. The number of hydrogen-bond acceptors (Lipinski definition) is 2. The van der Waals surface area contributed by atoms with Crippen LogP contribution in [0.1, 0.15) is 10.4 Å². The number of amides is 1. The van der Waals surface area contributed by atoms with E-state index in [9.17, 15) is 13.6 Å². The molecule has 0 heterocycles. The fourth-order valence-electron chi connectivity index (χ4n) is 1.39. The molecule has 1 N–H and O–H groups in total. The fourth-order valence-corrected chi connectivity index (χ4v) is 1.77. The second-order valence-corrected chi connectivity index (χ2v) is 4.33. The number of aliphatic hydroxyl groups is 1. The van der Waals surface area contributed by atoms with Gasteiger partial charge in [-0.25, -0.2) is 8.78 Å². The maximum Gasteiger partial charge on any atom is 0.255 e. The van der Waals surface area contributed by atoms with Crippen LogP contribution in [0.15, 0.2) is 18.2 Å². The molecule has 0 bridgehead atoms. The van der Waals surface area contributed by atoms with Gasteiger partial charge in [-0.3, -0.25) is 4.79 Å². The lowest BCUT2D eigenvalue weighted by atomic mass is 10.2. The van der Waals surface area contributed by atoms with Crippen molar-refractivity contribution in [3.8, 4) is 0 Å². The first-order valence-corrected chi connectivity index (χ1v) is 5.84. The number of halogens is 4. The molecule has 0 aliphatic rings. The van der Waals surface area contributed by atoms with Crippen molar-refractivity contribution in [2.45, 2.75) is 6.43 Å². The number of carbonyl (C=O) groups excluding carboxylic acids is 1. The van der Waals surface area contributed by atoms with Gasteiger partial charge in [-0.05, 0) is 18.2 Å². The van der Waals surface area contributed by atoms with Crippen molar-refractivity contribution in [2.24, 2.45) is 0 Å². The Morgan fingerprint density at radius 1 is 1.39 bits per heavy atom. The van der Waals surface area contributed by atoms with Crippen LogP contribution in [-0.4, -0.2) is 42.0 Å². The molecule has 0 aromatic heterocycles. The molecule has 1 aromatic rings. The Morgan fingerprint density at radius 2 is 2.06 bits per heavy atom. The van der Waals surface area contributed by atoms with E-state index in [1.807, 2.05) is 0 Å². The van der Waals surface area contributed by atoms with E-state index in [0.717, 1.165) is 4.90 Å². The van der Waals surface area contributed by atoms with E-state index in [0.29, 0.717) is 0 Å². The van der Waals surface area contributed by atoms with E-state index >= 15 is 0 Å². The molecule has 3 nitrogen and oxygen atoms in total. The van der Waals surface area contributed by atoms with Crippen LogP contribution in [0.5, 0.6) is 0 Å². The van der Waals surface area contributed by atoms with Gasteiger partial charge in [-0.2, -0.15) is 0 Å². The Bertz CT molecular complexity index is 430. The maximum absolute atomic E-state index is 12.3. The van der Waals surface area contributed by atoms with Crippen LogP contribution < -0.4 is 0 Å². The highest BCUT2D eigenvalue weighted by Gasteiger charge is 2.21. The van der Waals surface area contributed by atoms with Crippen LogP contribution in [0.25, 0.3) is 0 Å². The predicted molar refractivity (Wildman–Crippen MR) is 65.5 cm³/mol. The van der Waals surface area contributed by atoms with Crippen molar-refractivity contribution in [1.29, 1.82) is 0 Å². The summed E-state index contributed by atoms with van der Waals surface area (Å²) in [6.07, 6.45) is -2.68. The normalized spacial score (nSPS) is 10.8. The Labute approximate surface area is 113 Å². The summed E-state index contributed by atoms with van der Waals surface area (Å²) in [6.45, 7) is -1.36. The maximum atomic E-state index is 12.3. The quantitative estimate of drug-likeness (QED) is 0.908. The summed E-state index contributed by atoms with van der Waals surface area (Å²) in [5, 5.41) is 9.18. The number of nitrogens with zero attached hydrogens (tertiary/aromatic N) is 1. The summed E-state index contributed by atoms with van der Waals surface area (Å²) < 4.78 is 24.7. The summed E-state index contributed by atoms with van der Waals surface area (Å²) in [5.74, 6) is -0.683. The van der Waals surface area contributed by atoms with E-state index in [-0.39, 0.29) is 22.2 Å². The predicted octanol–water partition coefficient (Wildman–Crippen LogP) is 2.69. The van der Waals surface area contributed by atoms with Crippen LogP contribution >= 0.6 is 23.2 Å². The molecular weight excluding hydrogens is 287 g/mol. The van der Waals surface area contributed by atoms with Crippen LogP contribution in [-0.2, 0) is 0 Å². The monoisotopic (exact) mass is 297 g/mol. The van der Waals surface area contributed by atoms with Crippen molar-refractivity contribution in [1.82, 2.24) is 4.90 Å². The third kappa shape index (κ3) is 4.08. The molecule has 0 saturated heterocycles. The molecule has 0 aliphatic heterocycles. The molecule has 0 radical (unpaired) electrons. The molecule has 0 unspecified atom stereocenters. The first-order valence-electron chi connectivity index (χ1n) is 5.09. The third-order valence-corrected chi connectivity index (χ3v) is 2.74. The Hall–Kier alpha value is -0.910. The molecule has 100 valence electrons. The van der Waals surface area contributed by atoms with Crippen LogP contribution in [0.4, 0.5) is 8.78 Å². The largest absolute Gasteiger partial charge is 0.395 e. The smallest absolute Gasteiger partial charge is 0.255 e. The number of alkyl halides is 2. The number of benzene rings is 1. The molecule has 7 heteroatoms. The second kappa shape index (κ2) is 6.87. The Kier molecular flexibility index (Phi) is 5.78. The minimum absolute atomic E-state index is 0.0401. The second-order valence-electron chi connectivity index (χ2n) is 3.49. The summed E-state index contributed by atoms with van der Waals surface area (Å²) in [6, 6.07) is 4.21. The molecule has 1 rings (SSSR count). The minimum Gasteiger partial charge on any atom is -0.395 e. The summed E-state index contributed by atoms with van der Waals surface area (Å²) in [5.41, 5.74) is 0.0401. The van der Waals surface area contributed by atoms with Gasteiger partial charge in [0.25, 0.3) is 12.3 Å². The van der Waals surface area contributed by atoms with Crippen molar-refractivity contribution in [3.05, 3.63) is 33.8 Å². The van der Waals surface area contributed by atoms with Gasteiger partial charge in [-0.1, -0.05) is 23.2 Å². The molecule has 1 amide bonds. The van der Waals surface area contributed by atoms with E-state index in [4.69, 9.17) is 28.3 Å². The van der Waals surface area contributed by atoms with Crippen LogP contribution in [0, 0.1) is 0 Å². The summed E-state index contributed by atoms with van der Waals surface area (Å²) >= 11 is 11.5. The highest BCUT2D eigenvalue weighted by molar-refractivity contribution is 6.35. The standard InChI is InChI=1S/C11H11Cl2F2NO2/c12-7-1-2-9(13)8(5-7)11(18)16(3-4-17)6-10(14)15/h1-2,5,10,17H,3-4,6H2. The van der Waals surface area contributed by atoms with Crippen LogP contribution in [0.2, 0.25) is 10.0 Å². The zero-order valence-electron chi connectivity index (χ0n) is 9.25. The third-order valence-electron chi connectivity index (χ3n) is 2.17. The first kappa shape index (κ1) is 15.1. The lowest BCUT2D eigenvalue weighted by Gasteiger charge is -2.21. The van der Waals surface area contributed by atoms with E-state index in [1.165, 1.54) is 18.2 Å². The molecule has 18 heavy (non-hydrogen) atoms. The lowest BCUT2D eigenvalue weighted by Crippen LogP contribution is -2.37. The van der Waals surface area contributed by atoms with Gasteiger partial charge in [0.2, 0.25) is 0 Å². The van der Waals surface area contributed by atoms with Crippen LogP contribution in [0.3, 0.4) is 0 Å². The fraction of sp³-hybridized carbons (Fsp3) is 0.364. The van der Waals surface area contributed by atoms with Crippen molar-refractivity contribution < 1.29 is 18.7 Å². The van der Waals surface area contributed by atoms with Crippen molar-refractivity contribution in [2.75, 3.05) is 19.7 Å². The zero-order valence-corrected chi connectivity index (χ0v) is 10.8. The number of hydrogen-bond donors (Lipinski definition) is 1. The highest BCUT2D eigenvalue weighted by atomic mass is 35.5. The van der Waals surface area contributed by atoms with Gasteiger partial charge in [0.15, 0.2) is 0 Å². The molecule has 0 aliphatic carbocycles. The topological polar surface area (TPSA) is 40.5 Å². The van der Waals surface area contributed by atoms with Gasteiger partial charge >= 0.3 is 0 Å². The minimum atomic E-state index is -2.68. The molecule has 0 spiro atoms. The average Bonchev–Trinajstić information content (AvgIpc) is 2.30. The molecule has 0 fully saturated rings. The first-order chi connectivity index (χ1) is 8.45. The summed E-state index contributed by atoms with van der Waals surface area (Å²) in [4.78, 5) is 12.8. The highest BCUT2D eigenvalue weighted by Crippen LogP contribution is 2.22. The van der Waals surface area contributed by atoms with Crippen molar-refractivity contribution in [3.63, 3.8) is 0 Å². The number of aliphatic hydroxyl groups excluding tert-OH is 1. The Balaban J connectivity index is 2.97. The lowest BCUT2D eigenvalue weighted by molar-refractivity contribution is 0.0509. The number of carbonyl (C=O) groups is 1. The van der Waals surface area contributed by atoms with Gasteiger partial charge in [0.1, 0.15) is 0 Å². The van der Waals surface area contributed by atoms with Gasteiger partial charge < -0.3 is 10.0 Å². The zero-order chi connectivity index (χ0) is 13.7. The SMILES string of the molecule is O=C(c1cc(Cl)ccc1Cl)N(CCO)CC(F)F. The van der Waals surface area contributed by atoms with Gasteiger partial charge in [0, 0.05) is 11.6 Å². The Morgan fingerprint density at radius 3 is 2.61 bits per heavy atom. The summed E-state index contributed by atoms with van der Waals surface area (Å²) in [7, 11) is 0. The van der Waals surface area contributed by atoms with Crippen molar-refractivity contribution >= 4 is 29.1 Å². The van der Waals surface area contributed by atoms with E-state index in [2.05, 4.69) is 0 Å². The molecule has 0 saturated carbocycles. The van der Waals surface area contributed by atoms with E-state index < -0.39 is 25.5 Å².